The number of rotatable bonds is 2. The lowest BCUT2D eigenvalue weighted by Gasteiger charge is -2.02. The highest BCUT2D eigenvalue weighted by Crippen LogP contribution is 2.16. The van der Waals surface area contributed by atoms with E-state index in [4.69, 9.17) is 5.73 Å². The molecule has 0 aliphatic rings. The van der Waals surface area contributed by atoms with Crippen molar-refractivity contribution in [2.24, 2.45) is 5.73 Å². The number of H-pyrrole nitrogens is 1. The molecule has 0 aromatic carbocycles. The molecule has 4 N–H and O–H groups in total. The molecule has 2 rings (SSSR count). The van der Waals surface area contributed by atoms with Gasteiger partial charge in [0.2, 0.25) is 0 Å². The maximum absolute atomic E-state index is 9.45. The predicted octanol–water partition coefficient (Wildman–Crippen LogP) is 0.555. The number of aromatic nitrogens is 2. The summed E-state index contributed by atoms with van der Waals surface area (Å²) in [6, 6.07) is 5.65. The molecule has 2 aromatic heterocycles. The van der Waals surface area contributed by atoms with Gasteiger partial charge >= 0.3 is 0 Å². The highest BCUT2D eigenvalue weighted by atomic mass is 16.3. The lowest BCUT2D eigenvalue weighted by Crippen LogP contribution is -2.11. The number of nitrogens with zero attached hydrogens (tertiary/aromatic N) is 1. The van der Waals surface area contributed by atoms with E-state index in [0.29, 0.717) is 0 Å². The standard InChI is InChI=1S/C9H11N3O/c10-5-8(13)7-4-6-2-1-3-11-9(6)12-7/h1-4,8,13H,5,10H2,(H,11,12). The summed E-state index contributed by atoms with van der Waals surface area (Å²) in [5, 5.41) is 10.4. The fourth-order valence-corrected chi connectivity index (χ4v) is 1.29. The van der Waals surface area contributed by atoms with Crippen molar-refractivity contribution >= 4 is 11.0 Å². The molecule has 1 atom stereocenters. The van der Waals surface area contributed by atoms with Crippen LogP contribution < -0.4 is 5.73 Å². The van der Waals surface area contributed by atoms with Crippen molar-refractivity contribution in [3.63, 3.8) is 0 Å². The molecule has 4 nitrogen and oxygen atoms in total. The molecule has 0 amide bonds. The van der Waals surface area contributed by atoms with Gasteiger partial charge < -0.3 is 15.8 Å². The van der Waals surface area contributed by atoms with Crippen LogP contribution in [0.15, 0.2) is 24.4 Å². The van der Waals surface area contributed by atoms with Gasteiger partial charge in [0.15, 0.2) is 0 Å². The third-order valence-electron chi connectivity index (χ3n) is 1.99. The largest absolute Gasteiger partial charge is 0.386 e. The lowest BCUT2D eigenvalue weighted by atomic mass is 10.2. The van der Waals surface area contributed by atoms with Crippen molar-refractivity contribution in [2.75, 3.05) is 6.54 Å². The van der Waals surface area contributed by atoms with Crippen molar-refractivity contribution in [3.8, 4) is 0 Å². The van der Waals surface area contributed by atoms with Gasteiger partial charge in [-0.25, -0.2) is 4.98 Å². The zero-order valence-corrected chi connectivity index (χ0v) is 7.07. The topological polar surface area (TPSA) is 74.9 Å². The van der Waals surface area contributed by atoms with Crippen LogP contribution in [-0.4, -0.2) is 21.6 Å². The molecule has 0 saturated carbocycles. The number of pyridine rings is 1. The summed E-state index contributed by atoms with van der Waals surface area (Å²) in [7, 11) is 0. The van der Waals surface area contributed by atoms with Crippen LogP contribution in [0.2, 0.25) is 0 Å². The monoisotopic (exact) mass is 177 g/mol. The molecule has 0 aliphatic heterocycles. The SMILES string of the molecule is NCC(O)c1cc2cccnc2[nH]1. The second kappa shape index (κ2) is 3.16. The van der Waals surface area contributed by atoms with Gasteiger partial charge in [-0.15, -0.1) is 0 Å². The van der Waals surface area contributed by atoms with E-state index in [9.17, 15) is 5.11 Å². The molecule has 1 unspecified atom stereocenters. The summed E-state index contributed by atoms with van der Waals surface area (Å²) in [6.45, 7) is 0.215. The minimum atomic E-state index is -0.630. The molecular formula is C9H11N3O. The van der Waals surface area contributed by atoms with E-state index in [0.717, 1.165) is 16.7 Å². The fourth-order valence-electron chi connectivity index (χ4n) is 1.29. The molecule has 0 radical (unpaired) electrons. The van der Waals surface area contributed by atoms with Crippen LogP contribution in [0.25, 0.3) is 11.0 Å². The van der Waals surface area contributed by atoms with Crippen LogP contribution in [0.5, 0.6) is 0 Å². The minimum absolute atomic E-state index is 0.215. The Balaban J connectivity index is 2.49. The molecule has 2 aromatic rings. The van der Waals surface area contributed by atoms with Crippen LogP contribution in [0.3, 0.4) is 0 Å². The fraction of sp³-hybridized carbons (Fsp3) is 0.222. The minimum Gasteiger partial charge on any atom is -0.386 e. The molecule has 68 valence electrons. The number of nitrogens with one attached hydrogen (secondary N) is 1. The van der Waals surface area contributed by atoms with E-state index in [-0.39, 0.29) is 6.54 Å². The number of hydrogen-bond donors (Lipinski definition) is 3. The molecule has 0 saturated heterocycles. The summed E-state index contributed by atoms with van der Waals surface area (Å²) in [5.74, 6) is 0. The number of nitrogens with two attached hydrogens (primary N) is 1. The van der Waals surface area contributed by atoms with Crippen LogP contribution in [0.1, 0.15) is 11.8 Å². The van der Waals surface area contributed by atoms with E-state index >= 15 is 0 Å². The molecule has 0 bridgehead atoms. The number of fused-ring (bicyclic) bond motifs is 1. The normalized spacial score (nSPS) is 13.4. The molecule has 0 fully saturated rings. The average molecular weight is 177 g/mol. The number of aromatic amines is 1. The van der Waals surface area contributed by atoms with Crippen molar-refractivity contribution in [1.82, 2.24) is 9.97 Å². The first-order chi connectivity index (χ1) is 6.31. The molecule has 2 heterocycles. The molecule has 0 aliphatic carbocycles. The Morgan fingerprint density at radius 2 is 2.46 bits per heavy atom. The Morgan fingerprint density at radius 1 is 1.62 bits per heavy atom. The van der Waals surface area contributed by atoms with Gasteiger partial charge in [0.1, 0.15) is 11.8 Å². The summed E-state index contributed by atoms with van der Waals surface area (Å²) in [4.78, 5) is 7.12. The van der Waals surface area contributed by atoms with Crippen LogP contribution in [0, 0.1) is 0 Å². The number of aliphatic hydroxyl groups excluding tert-OH is 1. The smallest absolute Gasteiger partial charge is 0.137 e. The first-order valence-electron chi connectivity index (χ1n) is 4.13. The van der Waals surface area contributed by atoms with Crippen LogP contribution in [-0.2, 0) is 0 Å². The number of aliphatic hydroxyl groups is 1. The number of hydrogen-bond acceptors (Lipinski definition) is 3. The average Bonchev–Trinajstić information content (AvgIpc) is 2.59. The zero-order valence-electron chi connectivity index (χ0n) is 7.07. The highest BCUT2D eigenvalue weighted by molar-refractivity contribution is 5.76. The highest BCUT2D eigenvalue weighted by Gasteiger charge is 2.08. The maximum Gasteiger partial charge on any atom is 0.137 e. The summed E-state index contributed by atoms with van der Waals surface area (Å²) < 4.78 is 0. The second-order valence-corrected chi connectivity index (χ2v) is 2.92. The van der Waals surface area contributed by atoms with Crippen molar-refractivity contribution in [2.45, 2.75) is 6.10 Å². The quantitative estimate of drug-likeness (QED) is 0.627. The summed E-state index contributed by atoms with van der Waals surface area (Å²) >= 11 is 0. The Kier molecular flexibility index (Phi) is 2.00. The third-order valence-corrected chi connectivity index (χ3v) is 1.99. The van der Waals surface area contributed by atoms with Crippen molar-refractivity contribution < 1.29 is 5.11 Å². The third kappa shape index (κ3) is 1.41. The van der Waals surface area contributed by atoms with Gasteiger partial charge in [-0.2, -0.15) is 0 Å². The first-order valence-corrected chi connectivity index (χ1v) is 4.13. The van der Waals surface area contributed by atoms with Crippen LogP contribution in [0.4, 0.5) is 0 Å². The van der Waals surface area contributed by atoms with E-state index in [1.165, 1.54) is 0 Å². The Bertz CT molecular complexity index is 377. The Morgan fingerprint density at radius 3 is 3.15 bits per heavy atom. The first kappa shape index (κ1) is 8.22. The van der Waals surface area contributed by atoms with E-state index in [1.807, 2.05) is 18.2 Å². The Hall–Kier alpha value is -1.39. The Labute approximate surface area is 75.4 Å². The van der Waals surface area contributed by atoms with Gasteiger partial charge in [-0.3, -0.25) is 0 Å². The molecular weight excluding hydrogens is 166 g/mol. The maximum atomic E-state index is 9.45. The van der Waals surface area contributed by atoms with E-state index in [2.05, 4.69) is 9.97 Å². The molecule has 4 heteroatoms. The van der Waals surface area contributed by atoms with Gasteiger partial charge in [-0.05, 0) is 18.2 Å². The lowest BCUT2D eigenvalue weighted by molar-refractivity contribution is 0.183. The van der Waals surface area contributed by atoms with E-state index < -0.39 is 6.10 Å². The second-order valence-electron chi connectivity index (χ2n) is 2.92. The van der Waals surface area contributed by atoms with Crippen LogP contribution >= 0.6 is 0 Å². The summed E-state index contributed by atoms with van der Waals surface area (Å²) in [6.07, 6.45) is 1.08. The predicted molar refractivity (Wildman–Crippen MR) is 50.1 cm³/mol. The van der Waals surface area contributed by atoms with Gasteiger partial charge in [0.05, 0.1) is 0 Å². The summed E-state index contributed by atoms with van der Waals surface area (Å²) in [5.41, 5.74) is 6.84. The zero-order chi connectivity index (χ0) is 9.26. The van der Waals surface area contributed by atoms with Crippen molar-refractivity contribution in [1.29, 1.82) is 0 Å². The van der Waals surface area contributed by atoms with E-state index in [1.54, 1.807) is 6.20 Å². The van der Waals surface area contributed by atoms with Crippen molar-refractivity contribution in [3.05, 3.63) is 30.1 Å². The van der Waals surface area contributed by atoms with Gasteiger partial charge in [0, 0.05) is 23.8 Å². The van der Waals surface area contributed by atoms with Gasteiger partial charge in [0.25, 0.3) is 0 Å². The van der Waals surface area contributed by atoms with Gasteiger partial charge in [-0.1, -0.05) is 0 Å². The molecule has 13 heavy (non-hydrogen) atoms. The molecule has 0 spiro atoms.